The molecule has 0 unspecified atom stereocenters. The lowest BCUT2D eigenvalue weighted by Crippen LogP contribution is -1.56. The van der Waals surface area contributed by atoms with Crippen LogP contribution in [-0.4, -0.2) is 0 Å². The molecule has 0 amide bonds. The van der Waals surface area contributed by atoms with Gasteiger partial charge in [0.1, 0.15) is 0 Å². The van der Waals surface area contributed by atoms with Gasteiger partial charge in [-0.1, -0.05) is 12.2 Å². The summed E-state index contributed by atoms with van der Waals surface area (Å²) in [5.41, 5.74) is 0. The van der Waals surface area contributed by atoms with Gasteiger partial charge in [-0.25, -0.2) is 0 Å². The summed E-state index contributed by atoms with van der Waals surface area (Å²) in [4.78, 5) is 0. The van der Waals surface area contributed by atoms with Crippen LogP contribution in [0.3, 0.4) is 0 Å². The van der Waals surface area contributed by atoms with E-state index in [1.807, 2.05) is 12.2 Å². The standard InChI is InChI=1S/C6H10.4H2S/c1-3-5-6-4-2;;;;/h3-4H,1-2,5-6H2;4*1H2. The molecule has 0 radical (unpaired) electrons. The first-order valence-electron chi connectivity index (χ1n) is 2.13. The van der Waals surface area contributed by atoms with Crippen LogP contribution in [0.15, 0.2) is 25.3 Å². The smallest absolute Gasteiger partial charge is 0.0319 e. The van der Waals surface area contributed by atoms with Gasteiger partial charge in [0.2, 0.25) is 0 Å². The molecule has 0 rings (SSSR count). The van der Waals surface area contributed by atoms with Crippen LogP contribution in [0.1, 0.15) is 12.8 Å². The molecule has 10 heavy (non-hydrogen) atoms. The Morgan fingerprint density at radius 3 is 1.00 bits per heavy atom. The first-order valence-corrected chi connectivity index (χ1v) is 2.13. The number of allylic oxidation sites excluding steroid dienone is 2. The van der Waals surface area contributed by atoms with Crippen molar-refractivity contribution in [3.8, 4) is 0 Å². The van der Waals surface area contributed by atoms with Crippen molar-refractivity contribution in [2.75, 3.05) is 0 Å². The summed E-state index contributed by atoms with van der Waals surface area (Å²) in [6, 6.07) is 0. The van der Waals surface area contributed by atoms with E-state index in [2.05, 4.69) is 13.2 Å². The molecule has 0 aliphatic heterocycles. The predicted molar refractivity (Wildman–Crippen MR) is 71.2 cm³/mol. The van der Waals surface area contributed by atoms with Crippen molar-refractivity contribution in [1.29, 1.82) is 0 Å². The zero-order valence-electron chi connectivity index (χ0n) is 5.98. The summed E-state index contributed by atoms with van der Waals surface area (Å²) in [6.45, 7) is 7.10. The molecule has 0 nitrogen and oxygen atoms in total. The van der Waals surface area contributed by atoms with E-state index in [1.54, 1.807) is 0 Å². The highest BCUT2D eigenvalue weighted by Crippen LogP contribution is 1.86. The molecule has 66 valence electrons. The van der Waals surface area contributed by atoms with Crippen LogP contribution in [0.2, 0.25) is 0 Å². The van der Waals surface area contributed by atoms with Crippen molar-refractivity contribution < 1.29 is 0 Å². The zero-order valence-corrected chi connectivity index (χ0v) is 9.98. The summed E-state index contributed by atoms with van der Waals surface area (Å²) < 4.78 is 0. The minimum atomic E-state index is 0. The highest BCUT2D eigenvalue weighted by atomic mass is 32.1. The fourth-order valence-corrected chi connectivity index (χ4v) is 0.236. The monoisotopic (exact) mass is 218 g/mol. The van der Waals surface area contributed by atoms with Gasteiger partial charge >= 0.3 is 0 Å². The molecular formula is C6H18S4. The van der Waals surface area contributed by atoms with E-state index in [0.29, 0.717) is 0 Å². The molecule has 0 aromatic heterocycles. The molecule has 0 atom stereocenters. The van der Waals surface area contributed by atoms with Crippen LogP contribution in [0.4, 0.5) is 0 Å². The lowest BCUT2D eigenvalue weighted by Gasteiger charge is -1.76. The summed E-state index contributed by atoms with van der Waals surface area (Å²) in [7, 11) is 0. The number of unbranched alkanes of at least 4 members (excludes halogenated alkanes) is 1. The molecule has 0 aromatic rings. The average molecular weight is 218 g/mol. The van der Waals surface area contributed by atoms with Crippen molar-refractivity contribution in [1.82, 2.24) is 0 Å². The Balaban J connectivity index is -0.0000000208. The van der Waals surface area contributed by atoms with Crippen molar-refractivity contribution in [3.63, 3.8) is 0 Å². The molecule has 0 aliphatic rings. The van der Waals surface area contributed by atoms with Crippen LogP contribution in [0.25, 0.3) is 0 Å². The van der Waals surface area contributed by atoms with Crippen molar-refractivity contribution in [2.24, 2.45) is 0 Å². The maximum atomic E-state index is 3.55. The van der Waals surface area contributed by atoms with E-state index in [4.69, 9.17) is 0 Å². The molecular weight excluding hydrogens is 200 g/mol. The molecule has 0 aliphatic carbocycles. The van der Waals surface area contributed by atoms with Gasteiger partial charge in [0.05, 0.1) is 0 Å². The second kappa shape index (κ2) is 32.7. The van der Waals surface area contributed by atoms with Crippen LogP contribution in [-0.2, 0) is 0 Å². The SMILES string of the molecule is C=CCCC=C.S.S.S.S. The fourth-order valence-electron chi connectivity index (χ4n) is 0.236. The third-order valence-corrected chi connectivity index (χ3v) is 0.575. The van der Waals surface area contributed by atoms with E-state index in [0.717, 1.165) is 12.8 Å². The first-order chi connectivity index (χ1) is 2.91. The Hall–Kier alpha value is 0.880. The van der Waals surface area contributed by atoms with Crippen LogP contribution in [0.5, 0.6) is 0 Å². The molecule has 0 aromatic carbocycles. The maximum absolute atomic E-state index is 3.55. The Labute approximate surface area is 92.0 Å². The van der Waals surface area contributed by atoms with E-state index < -0.39 is 0 Å². The summed E-state index contributed by atoms with van der Waals surface area (Å²) >= 11 is 0. The number of hydrogen-bond acceptors (Lipinski definition) is 0. The molecule has 4 heteroatoms. The topological polar surface area (TPSA) is 0 Å². The van der Waals surface area contributed by atoms with Gasteiger partial charge in [-0.05, 0) is 12.8 Å². The Morgan fingerprint density at radius 2 is 0.900 bits per heavy atom. The highest BCUT2D eigenvalue weighted by Gasteiger charge is 1.66. The second-order valence-corrected chi connectivity index (χ2v) is 1.15. The summed E-state index contributed by atoms with van der Waals surface area (Å²) in [5, 5.41) is 0. The van der Waals surface area contributed by atoms with E-state index >= 15 is 0 Å². The van der Waals surface area contributed by atoms with Crippen molar-refractivity contribution >= 4 is 54.0 Å². The first kappa shape index (κ1) is 30.7. The van der Waals surface area contributed by atoms with Gasteiger partial charge in [-0.3, -0.25) is 0 Å². The van der Waals surface area contributed by atoms with E-state index in [-0.39, 0.29) is 54.0 Å². The molecule has 0 spiro atoms. The fraction of sp³-hybridized carbons (Fsp3) is 0.333. The minimum absolute atomic E-state index is 0. The Kier molecular flexibility index (Phi) is 100. The molecule has 0 N–H and O–H groups in total. The third-order valence-electron chi connectivity index (χ3n) is 0.575. The third kappa shape index (κ3) is 36.6. The molecule has 0 saturated heterocycles. The Bertz CT molecular complexity index is 45.7. The van der Waals surface area contributed by atoms with Crippen LogP contribution < -0.4 is 0 Å². The van der Waals surface area contributed by atoms with Gasteiger partial charge < -0.3 is 0 Å². The lowest BCUT2D eigenvalue weighted by atomic mass is 10.3. The van der Waals surface area contributed by atoms with Crippen molar-refractivity contribution in [3.05, 3.63) is 25.3 Å². The molecule has 0 saturated carbocycles. The zero-order chi connectivity index (χ0) is 4.83. The van der Waals surface area contributed by atoms with Crippen molar-refractivity contribution in [2.45, 2.75) is 12.8 Å². The lowest BCUT2D eigenvalue weighted by molar-refractivity contribution is 1.06. The van der Waals surface area contributed by atoms with Gasteiger partial charge in [0.25, 0.3) is 0 Å². The highest BCUT2D eigenvalue weighted by molar-refractivity contribution is 7.59. The van der Waals surface area contributed by atoms with Gasteiger partial charge in [-0.15, -0.1) is 13.2 Å². The molecule has 0 fully saturated rings. The largest absolute Gasteiger partial charge is 0.197 e. The van der Waals surface area contributed by atoms with Crippen LogP contribution >= 0.6 is 54.0 Å². The Morgan fingerprint density at radius 1 is 0.700 bits per heavy atom. The summed E-state index contributed by atoms with van der Waals surface area (Å²) in [5.74, 6) is 0. The average Bonchev–Trinajstić information content (AvgIpc) is 1.61. The maximum Gasteiger partial charge on any atom is -0.0319 e. The molecule has 0 bridgehead atoms. The predicted octanol–water partition coefficient (Wildman–Crippen LogP) is 2.59. The van der Waals surface area contributed by atoms with E-state index in [1.165, 1.54) is 0 Å². The van der Waals surface area contributed by atoms with E-state index in [9.17, 15) is 0 Å². The van der Waals surface area contributed by atoms with Gasteiger partial charge in [-0.2, -0.15) is 54.0 Å². The van der Waals surface area contributed by atoms with Gasteiger partial charge in [0, 0.05) is 0 Å². The minimum Gasteiger partial charge on any atom is -0.197 e. The second-order valence-electron chi connectivity index (χ2n) is 1.15. The normalized spacial score (nSPS) is 4.40. The van der Waals surface area contributed by atoms with Crippen LogP contribution in [0, 0.1) is 0 Å². The quantitative estimate of drug-likeness (QED) is 0.505. The molecule has 0 heterocycles. The number of rotatable bonds is 3. The number of hydrogen-bond donors (Lipinski definition) is 0. The van der Waals surface area contributed by atoms with Gasteiger partial charge in [0.15, 0.2) is 0 Å². The summed E-state index contributed by atoms with van der Waals surface area (Å²) in [6.07, 6.45) is 5.90.